The Hall–Kier alpha value is -1.12. The maximum atomic E-state index is 11.5. The highest BCUT2D eigenvalue weighted by Gasteiger charge is 2.47. The zero-order chi connectivity index (χ0) is 9.90. The Morgan fingerprint density at radius 3 is 2.85 bits per heavy atom. The van der Waals surface area contributed by atoms with Crippen LogP contribution >= 0.6 is 0 Å². The van der Waals surface area contributed by atoms with E-state index < -0.39 is 11.4 Å². The molecule has 13 heavy (non-hydrogen) atoms. The van der Waals surface area contributed by atoms with Gasteiger partial charge >= 0.3 is 5.97 Å². The molecular formula is C10H14O3. The van der Waals surface area contributed by atoms with Crippen LogP contribution in [0.2, 0.25) is 0 Å². The minimum Gasteiger partial charge on any atom is -0.465 e. The molecular weight excluding hydrogens is 168 g/mol. The van der Waals surface area contributed by atoms with Crippen molar-refractivity contribution in [2.45, 2.75) is 26.2 Å². The van der Waals surface area contributed by atoms with Crippen molar-refractivity contribution in [2.75, 3.05) is 6.61 Å². The SMILES string of the molecule is C=CC1(C(=O)OCC)CCCC1=O. The van der Waals surface area contributed by atoms with Crippen molar-refractivity contribution in [2.24, 2.45) is 5.41 Å². The number of ketones is 1. The minimum atomic E-state index is -1.03. The Bertz CT molecular complexity index is 245. The maximum Gasteiger partial charge on any atom is 0.323 e. The maximum absolute atomic E-state index is 11.5. The third kappa shape index (κ3) is 1.50. The van der Waals surface area contributed by atoms with Crippen LogP contribution in [0.3, 0.4) is 0 Å². The number of esters is 1. The first-order chi connectivity index (χ1) is 6.17. The average molecular weight is 182 g/mol. The van der Waals surface area contributed by atoms with Gasteiger partial charge in [-0.1, -0.05) is 6.08 Å². The molecule has 0 aromatic carbocycles. The second-order valence-corrected chi connectivity index (χ2v) is 3.17. The number of ether oxygens (including phenoxy) is 1. The quantitative estimate of drug-likeness (QED) is 0.377. The summed E-state index contributed by atoms with van der Waals surface area (Å²) < 4.78 is 4.86. The van der Waals surface area contributed by atoms with Gasteiger partial charge < -0.3 is 4.74 Å². The van der Waals surface area contributed by atoms with E-state index in [9.17, 15) is 9.59 Å². The highest BCUT2D eigenvalue weighted by atomic mass is 16.5. The van der Waals surface area contributed by atoms with Gasteiger partial charge in [0.2, 0.25) is 0 Å². The third-order valence-electron chi connectivity index (χ3n) is 2.46. The van der Waals surface area contributed by atoms with E-state index in [1.807, 2.05) is 0 Å². The van der Waals surface area contributed by atoms with Crippen molar-refractivity contribution < 1.29 is 14.3 Å². The highest BCUT2D eigenvalue weighted by Crippen LogP contribution is 2.37. The minimum absolute atomic E-state index is 0.0547. The Morgan fingerprint density at radius 1 is 1.77 bits per heavy atom. The molecule has 1 unspecified atom stereocenters. The van der Waals surface area contributed by atoms with E-state index >= 15 is 0 Å². The zero-order valence-corrected chi connectivity index (χ0v) is 7.84. The first-order valence-corrected chi connectivity index (χ1v) is 4.51. The van der Waals surface area contributed by atoms with Gasteiger partial charge in [-0.3, -0.25) is 9.59 Å². The van der Waals surface area contributed by atoms with Crippen LogP contribution in [0.4, 0.5) is 0 Å². The summed E-state index contributed by atoms with van der Waals surface area (Å²) in [6.45, 7) is 5.58. The first kappa shape index (κ1) is 9.96. The Morgan fingerprint density at radius 2 is 2.46 bits per heavy atom. The Kier molecular flexibility index (Phi) is 2.86. The van der Waals surface area contributed by atoms with Crippen LogP contribution < -0.4 is 0 Å². The molecule has 0 aromatic rings. The third-order valence-corrected chi connectivity index (χ3v) is 2.46. The van der Waals surface area contributed by atoms with Gasteiger partial charge in [-0.25, -0.2) is 0 Å². The van der Waals surface area contributed by atoms with E-state index in [2.05, 4.69) is 6.58 Å². The lowest BCUT2D eigenvalue weighted by Crippen LogP contribution is -2.34. The van der Waals surface area contributed by atoms with Crippen LogP contribution in [0, 0.1) is 5.41 Å². The molecule has 72 valence electrons. The molecule has 0 heterocycles. The molecule has 0 spiro atoms. The molecule has 0 radical (unpaired) electrons. The van der Waals surface area contributed by atoms with Crippen LogP contribution in [0.1, 0.15) is 26.2 Å². The second kappa shape index (κ2) is 3.73. The first-order valence-electron chi connectivity index (χ1n) is 4.51. The summed E-state index contributed by atoms with van der Waals surface area (Å²) in [4.78, 5) is 23.0. The largest absolute Gasteiger partial charge is 0.465 e. The molecule has 1 aliphatic carbocycles. The van der Waals surface area contributed by atoms with E-state index in [4.69, 9.17) is 4.74 Å². The van der Waals surface area contributed by atoms with Crippen molar-refractivity contribution in [3.63, 3.8) is 0 Å². The fourth-order valence-corrected chi connectivity index (χ4v) is 1.67. The van der Waals surface area contributed by atoms with Crippen molar-refractivity contribution in [3.8, 4) is 0 Å². The van der Waals surface area contributed by atoms with Crippen LogP contribution in [0.25, 0.3) is 0 Å². The lowest BCUT2D eigenvalue weighted by atomic mass is 9.85. The van der Waals surface area contributed by atoms with E-state index in [0.29, 0.717) is 19.4 Å². The molecule has 0 saturated heterocycles. The summed E-state index contributed by atoms with van der Waals surface area (Å²) in [5.74, 6) is -0.492. The fraction of sp³-hybridized carbons (Fsp3) is 0.600. The van der Waals surface area contributed by atoms with Crippen molar-refractivity contribution in [1.29, 1.82) is 0 Å². The van der Waals surface area contributed by atoms with Gasteiger partial charge in [0.05, 0.1) is 6.61 Å². The lowest BCUT2D eigenvalue weighted by Gasteiger charge is -2.19. The molecule has 3 heteroatoms. The number of hydrogen-bond acceptors (Lipinski definition) is 3. The van der Waals surface area contributed by atoms with Gasteiger partial charge in [0, 0.05) is 6.42 Å². The summed E-state index contributed by atoms with van der Waals surface area (Å²) in [5, 5.41) is 0. The van der Waals surface area contributed by atoms with E-state index in [1.165, 1.54) is 6.08 Å². The fourth-order valence-electron chi connectivity index (χ4n) is 1.67. The number of hydrogen-bond donors (Lipinski definition) is 0. The highest BCUT2D eigenvalue weighted by molar-refractivity contribution is 6.07. The standard InChI is InChI=1S/C10H14O3/c1-3-10(9(12)13-4-2)7-5-6-8(10)11/h3H,1,4-7H2,2H3. The molecule has 1 rings (SSSR count). The summed E-state index contributed by atoms with van der Waals surface area (Å²) in [7, 11) is 0. The number of rotatable bonds is 3. The molecule has 3 nitrogen and oxygen atoms in total. The Labute approximate surface area is 77.8 Å². The molecule has 1 aliphatic rings. The van der Waals surface area contributed by atoms with Crippen LogP contribution in [-0.2, 0) is 14.3 Å². The number of Topliss-reactive ketones (excluding diaryl/α,β-unsaturated/α-hetero) is 1. The van der Waals surface area contributed by atoms with E-state index in [0.717, 1.165) is 6.42 Å². The van der Waals surface area contributed by atoms with Gasteiger partial charge in [0.1, 0.15) is 5.41 Å². The summed E-state index contributed by atoms with van der Waals surface area (Å²) in [5.41, 5.74) is -1.03. The van der Waals surface area contributed by atoms with Gasteiger partial charge in [0.15, 0.2) is 5.78 Å². The zero-order valence-electron chi connectivity index (χ0n) is 7.84. The molecule has 0 aromatic heterocycles. The van der Waals surface area contributed by atoms with Gasteiger partial charge in [-0.05, 0) is 19.8 Å². The smallest absolute Gasteiger partial charge is 0.323 e. The van der Waals surface area contributed by atoms with Crippen molar-refractivity contribution >= 4 is 11.8 Å². The van der Waals surface area contributed by atoms with Crippen LogP contribution in [0.5, 0.6) is 0 Å². The second-order valence-electron chi connectivity index (χ2n) is 3.17. The molecule has 1 atom stereocenters. The van der Waals surface area contributed by atoms with Crippen LogP contribution in [0.15, 0.2) is 12.7 Å². The summed E-state index contributed by atoms with van der Waals surface area (Å²) >= 11 is 0. The number of carbonyl (C=O) groups excluding carboxylic acids is 2. The summed E-state index contributed by atoms with van der Waals surface area (Å²) in [6, 6.07) is 0. The number of carbonyl (C=O) groups is 2. The molecule has 0 bridgehead atoms. The normalized spacial score (nSPS) is 27.3. The molecule has 1 saturated carbocycles. The van der Waals surface area contributed by atoms with Crippen molar-refractivity contribution in [1.82, 2.24) is 0 Å². The van der Waals surface area contributed by atoms with Gasteiger partial charge in [0.25, 0.3) is 0 Å². The monoisotopic (exact) mass is 182 g/mol. The molecule has 0 N–H and O–H groups in total. The van der Waals surface area contributed by atoms with Crippen molar-refractivity contribution in [3.05, 3.63) is 12.7 Å². The van der Waals surface area contributed by atoms with E-state index in [1.54, 1.807) is 6.92 Å². The average Bonchev–Trinajstić information content (AvgIpc) is 2.48. The predicted molar refractivity (Wildman–Crippen MR) is 48.1 cm³/mol. The predicted octanol–water partition coefficient (Wildman–Crippen LogP) is 1.47. The van der Waals surface area contributed by atoms with E-state index in [-0.39, 0.29) is 5.78 Å². The molecule has 0 aliphatic heterocycles. The Balaban J connectivity index is 2.86. The van der Waals surface area contributed by atoms with Gasteiger partial charge in [-0.15, -0.1) is 6.58 Å². The summed E-state index contributed by atoms with van der Waals surface area (Å²) in [6.07, 6.45) is 3.20. The molecule has 1 fully saturated rings. The molecule has 0 amide bonds. The van der Waals surface area contributed by atoms with Crippen LogP contribution in [-0.4, -0.2) is 18.4 Å². The lowest BCUT2D eigenvalue weighted by molar-refractivity contribution is -0.155. The topological polar surface area (TPSA) is 43.4 Å². The van der Waals surface area contributed by atoms with Gasteiger partial charge in [-0.2, -0.15) is 0 Å².